The van der Waals surface area contributed by atoms with Crippen molar-refractivity contribution < 1.29 is 27.9 Å². The molecular weight excluding hydrogens is 437 g/mol. The van der Waals surface area contributed by atoms with Crippen molar-refractivity contribution >= 4 is 17.0 Å². The van der Waals surface area contributed by atoms with E-state index in [2.05, 4.69) is 4.98 Å². The van der Waals surface area contributed by atoms with Gasteiger partial charge in [-0.25, -0.2) is 19.1 Å². The van der Waals surface area contributed by atoms with Crippen LogP contribution >= 0.6 is 0 Å². The number of nitrogens with one attached hydrogen (secondary N) is 1. The smallest absolute Gasteiger partial charge is 0.249 e. The lowest BCUT2D eigenvalue weighted by atomic mass is 9.93. The summed E-state index contributed by atoms with van der Waals surface area (Å²) in [6, 6.07) is 9.78. The number of hydroxylamine groups is 1. The lowest BCUT2D eigenvalue weighted by molar-refractivity contribution is -0.136. The minimum Gasteiger partial charge on any atom is -0.474 e. The van der Waals surface area contributed by atoms with Crippen LogP contribution in [-0.4, -0.2) is 54.3 Å². The molecule has 2 aromatic rings. The first-order valence-electron chi connectivity index (χ1n) is 10.5. The second-order valence-electron chi connectivity index (χ2n) is 8.16. The molecule has 2 heterocycles. The first-order chi connectivity index (χ1) is 15.3. The molecule has 1 amide bonds. The molecule has 0 radical (unpaired) electrons. The van der Waals surface area contributed by atoms with Crippen LogP contribution in [0.1, 0.15) is 26.7 Å². The van der Waals surface area contributed by atoms with Gasteiger partial charge in [-0.05, 0) is 42.5 Å². The highest BCUT2D eigenvalue weighted by Gasteiger charge is 2.40. The Bertz CT molecular complexity index is 918. The van der Waals surface area contributed by atoms with Gasteiger partial charge in [0.1, 0.15) is 17.3 Å². The molecular formula is C22H28FN3O5S. The standard InChI is InChI=1S/C22H28FN3O5S/c1-14(2)20(21(27)25-28)22(32(29)30)26-11-9-18(10-12-26)31-19-8-5-16(13-24-19)15-3-6-17(23)7-4-15/h3-8,13-14,18,20,22,28H,9-12H2,1-2H3,(H,25,27)(H,29,30). The molecule has 3 atom stereocenters. The molecule has 3 unspecified atom stereocenters. The van der Waals surface area contributed by atoms with Gasteiger partial charge in [-0.3, -0.25) is 14.9 Å². The summed E-state index contributed by atoms with van der Waals surface area (Å²) in [5.41, 5.74) is 3.32. The summed E-state index contributed by atoms with van der Waals surface area (Å²) in [6.07, 6.45) is 2.75. The summed E-state index contributed by atoms with van der Waals surface area (Å²) in [5, 5.41) is 8.13. The zero-order valence-electron chi connectivity index (χ0n) is 18.0. The predicted molar refractivity (Wildman–Crippen MR) is 118 cm³/mol. The van der Waals surface area contributed by atoms with Gasteiger partial charge in [0.05, 0.1) is 5.92 Å². The third-order valence-corrected chi connectivity index (χ3v) is 6.69. The number of piperidine rings is 1. The second-order valence-corrected chi connectivity index (χ2v) is 9.19. The van der Waals surface area contributed by atoms with Gasteiger partial charge in [0.2, 0.25) is 11.8 Å². The number of carbonyl (C=O) groups is 1. The Kier molecular flexibility index (Phi) is 8.30. The van der Waals surface area contributed by atoms with E-state index in [0.717, 1.165) is 11.1 Å². The Hall–Kier alpha value is -2.40. The van der Waals surface area contributed by atoms with E-state index in [1.807, 2.05) is 6.07 Å². The van der Waals surface area contributed by atoms with Crippen molar-refractivity contribution in [2.75, 3.05) is 13.1 Å². The summed E-state index contributed by atoms with van der Waals surface area (Å²) >= 11 is -2.27. The molecule has 174 valence electrons. The van der Waals surface area contributed by atoms with Gasteiger partial charge in [-0.2, -0.15) is 0 Å². The molecule has 1 aromatic heterocycles. The molecule has 1 aliphatic rings. The van der Waals surface area contributed by atoms with Crippen molar-refractivity contribution in [3.05, 3.63) is 48.4 Å². The SMILES string of the molecule is CC(C)C(C(=O)NO)C(N1CCC(Oc2ccc(-c3ccc(F)cc3)cn2)CC1)S(=O)O. The molecule has 3 rings (SSSR count). The van der Waals surface area contributed by atoms with Crippen molar-refractivity contribution in [2.45, 2.75) is 38.2 Å². The van der Waals surface area contributed by atoms with Gasteiger partial charge in [0, 0.05) is 30.9 Å². The number of carbonyl (C=O) groups excluding carboxylic acids is 1. The van der Waals surface area contributed by atoms with E-state index in [1.165, 1.54) is 12.1 Å². The number of nitrogens with zero attached hydrogens (tertiary/aromatic N) is 2. The van der Waals surface area contributed by atoms with Gasteiger partial charge >= 0.3 is 0 Å². The molecule has 0 aliphatic carbocycles. The number of amides is 1. The number of pyridine rings is 1. The lowest BCUT2D eigenvalue weighted by Gasteiger charge is -2.39. The number of halogens is 1. The van der Waals surface area contributed by atoms with Crippen molar-refractivity contribution in [3.63, 3.8) is 0 Å². The highest BCUT2D eigenvalue weighted by molar-refractivity contribution is 7.79. The highest BCUT2D eigenvalue weighted by atomic mass is 32.2. The molecule has 0 bridgehead atoms. The van der Waals surface area contributed by atoms with Crippen LogP contribution in [-0.2, 0) is 15.9 Å². The van der Waals surface area contributed by atoms with E-state index in [4.69, 9.17) is 9.94 Å². The minimum atomic E-state index is -2.27. The third-order valence-electron chi connectivity index (χ3n) is 5.68. The van der Waals surface area contributed by atoms with Gasteiger partial charge in [-0.15, -0.1) is 0 Å². The lowest BCUT2D eigenvalue weighted by Crippen LogP contribution is -2.53. The number of hydrogen-bond donors (Lipinski definition) is 3. The largest absolute Gasteiger partial charge is 0.474 e. The van der Waals surface area contributed by atoms with Crippen LogP contribution in [0.3, 0.4) is 0 Å². The first kappa shape index (κ1) is 24.2. The minimum absolute atomic E-state index is 0.118. The van der Waals surface area contributed by atoms with Crippen LogP contribution in [0, 0.1) is 17.7 Å². The summed E-state index contributed by atoms with van der Waals surface area (Å²) in [7, 11) is 0. The Morgan fingerprint density at radius 1 is 1.19 bits per heavy atom. The molecule has 0 spiro atoms. The van der Waals surface area contributed by atoms with Crippen molar-refractivity contribution in [2.24, 2.45) is 11.8 Å². The number of benzene rings is 1. The fourth-order valence-electron chi connectivity index (χ4n) is 4.00. The van der Waals surface area contributed by atoms with Crippen molar-refractivity contribution in [1.82, 2.24) is 15.4 Å². The molecule has 10 heteroatoms. The molecule has 3 N–H and O–H groups in total. The summed E-state index contributed by atoms with van der Waals surface area (Å²) in [6.45, 7) is 4.49. The molecule has 1 saturated heterocycles. The van der Waals surface area contributed by atoms with Crippen LogP contribution in [0.5, 0.6) is 5.88 Å². The van der Waals surface area contributed by atoms with E-state index >= 15 is 0 Å². The fraction of sp³-hybridized carbons (Fsp3) is 0.455. The van der Waals surface area contributed by atoms with Gasteiger partial charge in [0.25, 0.3) is 0 Å². The van der Waals surface area contributed by atoms with Crippen LogP contribution in [0.15, 0.2) is 42.6 Å². The van der Waals surface area contributed by atoms with E-state index in [1.54, 1.807) is 48.6 Å². The van der Waals surface area contributed by atoms with Gasteiger partial charge in [0.15, 0.2) is 11.1 Å². The number of aromatic nitrogens is 1. The Balaban J connectivity index is 1.60. The van der Waals surface area contributed by atoms with E-state index in [0.29, 0.717) is 31.8 Å². The van der Waals surface area contributed by atoms with Crippen LogP contribution in [0.25, 0.3) is 11.1 Å². The van der Waals surface area contributed by atoms with E-state index < -0.39 is 28.3 Å². The molecule has 1 fully saturated rings. The highest BCUT2D eigenvalue weighted by Crippen LogP contribution is 2.27. The average molecular weight is 466 g/mol. The Labute approximate surface area is 189 Å². The number of ether oxygens (including phenoxy) is 1. The first-order valence-corrected chi connectivity index (χ1v) is 11.6. The second kappa shape index (κ2) is 11.0. The monoisotopic (exact) mass is 465 g/mol. The maximum Gasteiger partial charge on any atom is 0.249 e. The topological polar surface area (TPSA) is 112 Å². The van der Waals surface area contributed by atoms with Crippen LogP contribution in [0.2, 0.25) is 0 Å². The maximum atomic E-state index is 13.1. The van der Waals surface area contributed by atoms with Crippen molar-refractivity contribution in [3.8, 4) is 17.0 Å². The Morgan fingerprint density at radius 3 is 2.31 bits per heavy atom. The van der Waals surface area contributed by atoms with E-state index in [-0.39, 0.29) is 17.8 Å². The third kappa shape index (κ3) is 5.89. The fourth-order valence-corrected chi connectivity index (χ4v) is 5.15. The van der Waals surface area contributed by atoms with Crippen molar-refractivity contribution in [1.29, 1.82) is 0 Å². The zero-order chi connectivity index (χ0) is 23.3. The number of hydrogen-bond acceptors (Lipinski definition) is 6. The molecule has 1 aliphatic heterocycles. The van der Waals surface area contributed by atoms with Gasteiger partial charge < -0.3 is 9.29 Å². The summed E-state index contributed by atoms with van der Waals surface area (Å²) in [5.74, 6) is -1.56. The Morgan fingerprint density at radius 2 is 1.81 bits per heavy atom. The van der Waals surface area contributed by atoms with Gasteiger partial charge in [-0.1, -0.05) is 26.0 Å². The number of rotatable bonds is 8. The molecule has 0 saturated carbocycles. The summed E-state index contributed by atoms with van der Waals surface area (Å²) < 4.78 is 41.0. The van der Waals surface area contributed by atoms with Crippen LogP contribution in [0.4, 0.5) is 4.39 Å². The predicted octanol–water partition coefficient (Wildman–Crippen LogP) is 3.06. The molecule has 8 nitrogen and oxygen atoms in total. The maximum absolute atomic E-state index is 13.1. The summed E-state index contributed by atoms with van der Waals surface area (Å²) in [4.78, 5) is 18.3. The average Bonchev–Trinajstić information content (AvgIpc) is 2.78. The van der Waals surface area contributed by atoms with Crippen LogP contribution < -0.4 is 10.2 Å². The zero-order valence-corrected chi connectivity index (χ0v) is 18.8. The normalized spacial score (nSPS) is 18.2. The molecule has 1 aromatic carbocycles. The number of likely N-dealkylation sites (tertiary alicyclic amines) is 1. The van der Waals surface area contributed by atoms with E-state index in [9.17, 15) is 17.9 Å². The quantitative estimate of drug-likeness (QED) is 0.312. The molecule has 32 heavy (non-hydrogen) atoms.